The molecule has 0 atom stereocenters. The fourth-order valence-electron chi connectivity index (χ4n) is 3.51. The quantitative estimate of drug-likeness (QED) is 0.365. The number of nitrogens with zero attached hydrogens (tertiary/aromatic N) is 1. The Kier molecular flexibility index (Phi) is 8.42. The van der Waals surface area contributed by atoms with Gasteiger partial charge in [-0.3, -0.25) is 9.79 Å². The first-order valence-corrected chi connectivity index (χ1v) is 9.11. The van der Waals surface area contributed by atoms with Crippen molar-refractivity contribution in [2.75, 3.05) is 26.7 Å². The molecule has 1 amide bonds. The summed E-state index contributed by atoms with van der Waals surface area (Å²) in [5.74, 6) is 1.69. The maximum Gasteiger partial charge on any atom is 0.222 e. The zero-order chi connectivity index (χ0) is 17.3. The van der Waals surface area contributed by atoms with E-state index in [9.17, 15) is 4.79 Å². The fourth-order valence-corrected chi connectivity index (χ4v) is 3.51. The molecule has 134 valence electrons. The lowest BCUT2D eigenvalue weighted by molar-refractivity contribution is -0.123. The second kappa shape index (κ2) is 9.78. The van der Waals surface area contributed by atoms with Crippen molar-refractivity contribution in [1.82, 2.24) is 16.0 Å². The van der Waals surface area contributed by atoms with Crippen molar-refractivity contribution in [2.45, 2.75) is 59.8 Å². The van der Waals surface area contributed by atoms with Crippen LogP contribution in [0.3, 0.4) is 0 Å². The van der Waals surface area contributed by atoms with E-state index in [2.05, 4.69) is 34.8 Å². The highest BCUT2D eigenvalue weighted by Crippen LogP contribution is 2.42. The average molecular weight is 325 g/mol. The number of carbonyl (C=O) groups excluding carboxylic acids is 1. The Balaban J connectivity index is 2.34. The number of hydrogen-bond donors (Lipinski definition) is 3. The van der Waals surface area contributed by atoms with Gasteiger partial charge in [0.1, 0.15) is 0 Å². The van der Waals surface area contributed by atoms with E-state index in [1.807, 2.05) is 13.8 Å². The SMILES string of the molecule is CN=C(NCCNC(=O)C(C)C)NCC1(CC(C)C)CCCC1. The molecule has 0 bridgehead atoms. The standard InChI is InChI=1S/C18H36N4O/c1-14(2)12-18(8-6-7-9-18)13-22-17(19-5)21-11-10-20-16(23)15(3)4/h14-15H,6-13H2,1-5H3,(H,20,23)(H2,19,21,22). The van der Waals surface area contributed by atoms with Gasteiger partial charge in [0, 0.05) is 32.6 Å². The van der Waals surface area contributed by atoms with Crippen LogP contribution in [-0.4, -0.2) is 38.5 Å². The van der Waals surface area contributed by atoms with Crippen molar-refractivity contribution in [2.24, 2.45) is 22.2 Å². The van der Waals surface area contributed by atoms with Crippen molar-refractivity contribution in [3.05, 3.63) is 0 Å². The van der Waals surface area contributed by atoms with Crippen LogP contribution < -0.4 is 16.0 Å². The van der Waals surface area contributed by atoms with Crippen LogP contribution in [0.15, 0.2) is 4.99 Å². The highest BCUT2D eigenvalue weighted by atomic mass is 16.1. The van der Waals surface area contributed by atoms with Gasteiger partial charge in [-0.25, -0.2) is 0 Å². The molecule has 5 nitrogen and oxygen atoms in total. The average Bonchev–Trinajstić information content (AvgIpc) is 2.94. The van der Waals surface area contributed by atoms with E-state index in [4.69, 9.17) is 0 Å². The minimum Gasteiger partial charge on any atom is -0.356 e. The Morgan fingerprint density at radius 2 is 1.65 bits per heavy atom. The molecule has 1 saturated carbocycles. The molecule has 0 unspecified atom stereocenters. The lowest BCUT2D eigenvalue weighted by Crippen LogP contribution is -2.45. The van der Waals surface area contributed by atoms with Crippen molar-refractivity contribution in [3.8, 4) is 0 Å². The van der Waals surface area contributed by atoms with Gasteiger partial charge in [0.25, 0.3) is 0 Å². The maximum atomic E-state index is 11.5. The summed E-state index contributed by atoms with van der Waals surface area (Å²) >= 11 is 0. The van der Waals surface area contributed by atoms with E-state index < -0.39 is 0 Å². The lowest BCUT2D eigenvalue weighted by atomic mass is 9.78. The van der Waals surface area contributed by atoms with Crippen LogP contribution in [0.1, 0.15) is 59.8 Å². The van der Waals surface area contributed by atoms with Crippen LogP contribution >= 0.6 is 0 Å². The molecule has 0 spiro atoms. The largest absolute Gasteiger partial charge is 0.356 e. The van der Waals surface area contributed by atoms with Crippen molar-refractivity contribution in [1.29, 1.82) is 0 Å². The van der Waals surface area contributed by atoms with E-state index in [-0.39, 0.29) is 11.8 Å². The Morgan fingerprint density at radius 1 is 1.04 bits per heavy atom. The van der Waals surface area contributed by atoms with E-state index >= 15 is 0 Å². The first-order valence-electron chi connectivity index (χ1n) is 9.11. The van der Waals surface area contributed by atoms with Crippen molar-refractivity contribution >= 4 is 11.9 Å². The summed E-state index contributed by atoms with van der Waals surface area (Å²) in [5, 5.41) is 9.69. The summed E-state index contributed by atoms with van der Waals surface area (Å²) < 4.78 is 0. The number of carbonyl (C=O) groups is 1. The smallest absolute Gasteiger partial charge is 0.222 e. The second-order valence-corrected chi connectivity index (χ2v) is 7.60. The van der Waals surface area contributed by atoms with Crippen LogP contribution in [-0.2, 0) is 4.79 Å². The number of hydrogen-bond acceptors (Lipinski definition) is 2. The third-order valence-corrected chi connectivity index (χ3v) is 4.60. The van der Waals surface area contributed by atoms with Crippen LogP contribution in [0.25, 0.3) is 0 Å². The molecule has 0 aromatic carbocycles. The molecule has 1 aliphatic rings. The predicted molar refractivity (Wildman–Crippen MR) is 97.6 cm³/mol. The molecule has 1 aliphatic carbocycles. The topological polar surface area (TPSA) is 65.5 Å². The summed E-state index contributed by atoms with van der Waals surface area (Å²) in [5.41, 5.74) is 0.428. The van der Waals surface area contributed by atoms with Crippen LogP contribution in [0.4, 0.5) is 0 Å². The second-order valence-electron chi connectivity index (χ2n) is 7.60. The summed E-state index contributed by atoms with van der Waals surface area (Å²) in [6, 6.07) is 0. The molecule has 23 heavy (non-hydrogen) atoms. The molecule has 0 aromatic heterocycles. The number of guanidine groups is 1. The van der Waals surface area contributed by atoms with Crippen LogP contribution in [0.2, 0.25) is 0 Å². The number of rotatable bonds is 8. The highest BCUT2D eigenvalue weighted by molar-refractivity contribution is 5.80. The molecule has 0 radical (unpaired) electrons. The molecule has 0 saturated heterocycles. The van der Waals surface area contributed by atoms with Crippen molar-refractivity contribution < 1.29 is 4.79 Å². The Morgan fingerprint density at radius 3 is 2.17 bits per heavy atom. The molecule has 0 aliphatic heterocycles. The van der Waals surface area contributed by atoms with Gasteiger partial charge < -0.3 is 16.0 Å². The molecule has 1 fully saturated rings. The molecular weight excluding hydrogens is 288 g/mol. The van der Waals surface area contributed by atoms with Gasteiger partial charge in [-0.05, 0) is 30.6 Å². The molecule has 1 rings (SSSR count). The van der Waals surface area contributed by atoms with E-state index in [1.54, 1.807) is 7.05 Å². The monoisotopic (exact) mass is 324 g/mol. The first-order chi connectivity index (χ1) is 10.9. The number of amides is 1. The first kappa shape index (κ1) is 19.8. The number of nitrogens with one attached hydrogen (secondary N) is 3. The van der Waals surface area contributed by atoms with Gasteiger partial charge in [-0.15, -0.1) is 0 Å². The van der Waals surface area contributed by atoms with Gasteiger partial charge in [0.05, 0.1) is 0 Å². The molecule has 0 aromatic rings. The van der Waals surface area contributed by atoms with E-state index in [0.29, 0.717) is 18.5 Å². The lowest BCUT2D eigenvalue weighted by Gasteiger charge is -2.32. The molecular formula is C18H36N4O. The summed E-state index contributed by atoms with van der Waals surface area (Å²) in [4.78, 5) is 15.8. The summed E-state index contributed by atoms with van der Waals surface area (Å²) in [7, 11) is 1.80. The minimum atomic E-state index is 0.0331. The van der Waals surface area contributed by atoms with E-state index in [0.717, 1.165) is 18.4 Å². The van der Waals surface area contributed by atoms with Crippen LogP contribution in [0, 0.1) is 17.3 Å². The van der Waals surface area contributed by atoms with Crippen molar-refractivity contribution in [3.63, 3.8) is 0 Å². The zero-order valence-corrected chi connectivity index (χ0v) is 15.7. The predicted octanol–water partition coefficient (Wildman–Crippen LogP) is 2.53. The molecule has 3 N–H and O–H groups in total. The third kappa shape index (κ3) is 7.23. The van der Waals surface area contributed by atoms with Gasteiger partial charge in [0.2, 0.25) is 5.91 Å². The highest BCUT2D eigenvalue weighted by Gasteiger charge is 2.34. The maximum absolute atomic E-state index is 11.5. The van der Waals surface area contributed by atoms with E-state index in [1.165, 1.54) is 32.1 Å². The Hall–Kier alpha value is -1.26. The zero-order valence-electron chi connectivity index (χ0n) is 15.7. The Bertz CT molecular complexity index is 384. The normalized spacial score (nSPS) is 17.6. The summed E-state index contributed by atoms with van der Waals surface area (Å²) in [6.07, 6.45) is 6.62. The number of aliphatic imine (C=N–C) groups is 1. The van der Waals surface area contributed by atoms with Gasteiger partial charge >= 0.3 is 0 Å². The van der Waals surface area contributed by atoms with Gasteiger partial charge in [-0.2, -0.15) is 0 Å². The van der Waals surface area contributed by atoms with Crippen LogP contribution in [0.5, 0.6) is 0 Å². The molecule has 5 heteroatoms. The van der Waals surface area contributed by atoms with Gasteiger partial charge in [-0.1, -0.05) is 40.5 Å². The third-order valence-electron chi connectivity index (χ3n) is 4.60. The van der Waals surface area contributed by atoms with Gasteiger partial charge in [0.15, 0.2) is 5.96 Å². The molecule has 0 heterocycles. The minimum absolute atomic E-state index is 0.0331. The summed E-state index contributed by atoms with van der Waals surface area (Å²) in [6.45, 7) is 10.7. The Labute approximate surface area is 142 Å². The fraction of sp³-hybridized carbons (Fsp3) is 0.889.